The van der Waals surface area contributed by atoms with E-state index in [-0.39, 0.29) is 17.5 Å². The number of hydrogen-bond donors (Lipinski definition) is 2. The number of hydrogen-bond acceptors (Lipinski definition) is 3. The summed E-state index contributed by atoms with van der Waals surface area (Å²) in [5.74, 6) is -0.100. The van der Waals surface area contributed by atoms with Gasteiger partial charge >= 0.3 is 0 Å². The predicted octanol–water partition coefficient (Wildman–Crippen LogP) is 5.42. The molecule has 144 valence electrons. The van der Waals surface area contributed by atoms with Crippen molar-refractivity contribution in [3.8, 4) is 5.75 Å². The van der Waals surface area contributed by atoms with E-state index in [1.54, 1.807) is 12.1 Å². The Balaban J connectivity index is 1.58. The summed E-state index contributed by atoms with van der Waals surface area (Å²) in [6.45, 7) is 2.30. The minimum absolute atomic E-state index is 0.0577. The number of benzene rings is 3. The van der Waals surface area contributed by atoms with Crippen LogP contribution < -0.4 is 15.4 Å². The van der Waals surface area contributed by atoms with Gasteiger partial charge in [0.15, 0.2) is 6.61 Å². The molecule has 3 rings (SSSR count). The quantitative estimate of drug-likeness (QED) is 0.559. The van der Waals surface area contributed by atoms with Crippen LogP contribution in [0.2, 0.25) is 5.02 Å². The van der Waals surface area contributed by atoms with Crippen LogP contribution in [-0.4, -0.2) is 12.5 Å². The summed E-state index contributed by atoms with van der Waals surface area (Å²) in [6.07, 6.45) is 0. The molecule has 0 heterocycles. The molecule has 0 bridgehead atoms. The van der Waals surface area contributed by atoms with E-state index in [1.807, 2.05) is 49.4 Å². The van der Waals surface area contributed by atoms with Gasteiger partial charge in [-0.2, -0.15) is 0 Å². The van der Waals surface area contributed by atoms with Gasteiger partial charge in [-0.15, -0.1) is 0 Å². The third-order valence-electron chi connectivity index (χ3n) is 4.04. The Hall–Kier alpha value is -3.05. The van der Waals surface area contributed by atoms with Gasteiger partial charge in [0.2, 0.25) is 0 Å². The first-order valence-electron chi connectivity index (χ1n) is 8.77. The molecule has 4 nitrogen and oxygen atoms in total. The van der Waals surface area contributed by atoms with Gasteiger partial charge in [-0.1, -0.05) is 41.9 Å². The summed E-state index contributed by atoms with van der Waals surface area (Å²) >= 11 is 5.80. The molecule has 0 aliphatic carbocycles. The second kappa shape index (κ2) is 9.24. The van der Waals surface area contributed by atoms with Crippen molar-refractivity contribution in [2.24, 2.45) is 0 Å². The summed E-state index contributed by atoms with van der Waals surface area (Å²) < 4.78 is 19.0. The highest BCUT2D eigenvalue weighted by Gasteiger charge is 2.08. The maximum atomic E-state index is 13.3. The van der Waals surface area contributed by atoms with E-state index in [2.05, 4.69) is 10.6 Å². The second-order valence-corrected chi connectivity index (χ2v) is 6.70. The van der Waals surface area contributed by atoms with E-state index in [0.29, 0.717) is 18.0 Å². The SMILES string of the molecule is Cc1cccc(NC(=O)COc2ccccc2CNc2ccc(F)c(Cl)c2)c1. The number of ether oxygens (including phenoxy) is 1. The molecule has 0 atom stereocenters. The van der Waals surface area contributed by atoms with E-state index in [1.165, 1.54) is 12.1 Å². The fraction of sp³-hybridized carbons (Fsp3) is 0.136. The van der Waals surface area contributed by atoms with Gasteiger partial charge in [-0.25, -0.2) is 4.39 Å². The molecule has 0 aliphatic rings. The molecule has 28 heavy (non-hydrogen) atoms. The van der Waals surface area contributed by atoms with Gasteiger partial charge in [0.25, 0.3) is 5.91 Å². The molecule has 6 heteroatoms. The standard InChI is InChI=1S/C22H20ClFN2O2/c1-15-5-4-7-18(11-15)26-22(27)14-28-21-8-3-2-6-16(21)13-25-17-9-10-20(24)19(23)12-17/h2-12,25H,13-14H2,1H3,(H,26,27). The van der Waals surface area contributed by atoms with E-state index in [0.717, 1.165) is 16.8 Å². The third kappa shape index (κ3) is 5.47. The molecular formula is C22H20ClFN2O2. The maximum Gasteiger partial charge on any atom is 0.262 e. The van der Waals surface area contributed by atoms with Crippen molar-refractivity contribution in [2.75, 3.05) is 17.2 Å². The zero-order valence-corrected chi connectivity index (χ0v) is 16.1. The van der Waals surface area contributed by atoms with Gasteiger partial charge in [-0.3, -0.25) is 4.79 Å². The Bertz CT molecular complexity index is 978. The first-order valence-corrected chi connectivity index (χ1v) is 9.15. The number of anilines is 2. The minimum Gasteiger partial charge on any atom is -0.483 e. The molecule has 0 aliphatic heterocycles. The van der Waals surface area contributed by atoms with Crippen molar-refractivity contribution in [2.45, 2.75) is 13.5 Å². The molecule has 0 unspecified atom stereocenters. The van der Waals surface area contributed by atoms with Gasteiger partial charge in [0, 0.05) is 23.5 Å². The Morgan fingerprint density at radius 1 is 1.04 bits per heavy atom. The molecule has 0 radical (unpaired) electrons. The molecule has 0 saturated carbocycles. The summed E-state index contributed by atoms with van der Waals surface area (Å²) in [7, 11) is 0. The van der Waals surface area contributed by atoms with Crippen LogP contribution in [0, 0.1) is 12.7 Å². The predicted molar refractivity (Wildman–Crippen MR) is 110 cm³/mol. The Kier molecular flexibility index (Phi) is 6.50. The molecule has 3 aromatic rings. The maximum absolute atomic E-state index is 13.3. The Morgan fingerprint density at radius 3 is 2.64 bits per heavy atom. The fourth-order valence-corrected chi connectivity index (χ4v) is 2.84. The zero-order chi connectivity index (χ0) is 19.9. The molecule has 1 amide bonds. The topological polar surface area (TPSA) is 50.4 Å². The van der Waals surface area contributed by atoms with Crippen molar-refractivity contribution in [1.29, 1.82) is 0 Å². The molecule has 0 fully saturated rings. The highest BCUT2D eigenvalue weighted by molar-refractivity contribution is 6.31. The second-order valence-electron chi connectivity index (χ2n) is 6.30. The summed E-state index contributed by atoms with van der Waals surface area (Å²) in [6, 6.07) is 19.4. The average molecular weight is 399 g/mol. The number of halogens is 2. The van der Waals surface area contributed by atoms with Crippen molar-refractivity contribution in [3.05, 3.63) is 88.7 Å². The van der Waals surface area contributed by atoms with Crippen molar-refractivity contribution in [1.82, 2.24) is 0 Å². The van der Waals surface area contributed by atoms with E-state index in [4.69, 9.17) is 16.3 Å². The smallest absolute Gasteiger partial charge is 0.262 e. The van der Waals surface area contributed by atoms with Gasteiger partial charge in [0.05, 0.1) is 5.02 Å². The minimum atomic E-state index is -0.462. The summed E-state index contributed by atoms with van der Waals surface area (Å²) in [5.41, 5.74) is 3.36. The molecular weight excluding hydrogens is 379 g/mol. The van der Waals surface area contributed by atoms with Gasteiger partial charge < -0.3 is 15.4 Å². The van der Waals surface area contributed by atoms with Crippen LogP contribution in [0.3, 0.4) is 0 Å². The largest absolute Gasteiger partial charge is 0.483 e. The summed E-state index contributed by atoms with van der Waals surface area (Å²) in [5, 5.41) is 6.04. The average Bonchev–Trinajstić information content (AvgIpc) is 2.68. The third-order valence-corrected chi connectivity index (χ3v) is 4.33. The lowest BCUT2D eigenvalue weighted by atomic mass is 10.2. The molecule has 3 aromatic carbocycles. The first kappa shape index (κ1) is 19.7. The molecule has 0 spiro atoms. The highest BCUT2D eigenvalue weighted by Crippen LogP contribution is 2.22. The van der Waals surface area contributed by atoms with Crippen LogP contribution in [0.4, 0.5) is 15.8 Å². The van der Waals surface area contributed by atoms with Crippen molar-refractivity contribution < 1.29 is 13.9 Å². The summed E-state index contributed by atoms with van der Waals surface area (Å²) in [4.78, 5) is 12.2. The monoisotopic (exact) mass is 398 g/mol. The number of rotatable bonds is 7. The van der Waals surface area contributed by atoms with Gasteiger partial charge in [-0.05, 0) is 48.9 Å². The zero-order valence-electron chi connectivity index (χ0n) is 15.3. The van der Waals surface area contributed by atoms with Crippen molar-refractivity contribution >= 4 is 28.9 Å². The number of para-hydroxylation sites is 1. The molecule has 2 N–H and O–H groups in total. The van der Waals surface area contributed by atoms with Crippen LogP contribution in [0.1, 0.15) is 11.1 Å². The van der Waals surface area contributed by atoms with Gasteiger partial charge in [0.1, 0.15) is 11.6 Å². The van der Waals surface area contributed by atoms with Crippen LogP contribution in [-0.2, 0) is 11.3 Å². The first-order chi connectivity index (χ1) is 13.5. The lowest BCUT2D eigenvalue weighted by molar-refractivity contribution is -0.118. The number of amides is 1. The normalized spacial score (nSPS) is 10.4. The van der Waals surface area contributed by atoms with Crippen LogP contribution in [0.25, 0.3) is 0 Å². The lowest BCUT2D eigenvalue weighted by Gasteiger charge is -2.13. The number of aryl methyl sites for hydroxylation is 1. The highest BCUT2D eigenvalue weighted by atomic mass is 35.5. The Morgan fingerprint density at radius 2 is 1.86 bits per heavy atom. The molecule has 0 saturated heterocycles. The van der Waals surface area contributed by atoms with E-state index >= 15 is 0 Å². The van der Waals surface area contributed by atoms with Crippen molar-refractivity contribution in [3.63, 3.8) is 0 Å². The lowest BCUT2D eigenvalue weighted by Crippen LogP contribution is -2.20. The van der Waals surface area contributed by atoms with Crippen LogP contribution in [0.5, 0.6) is 5.75 Å². The number of nitrogens with one attached hydrogen (secondary N) is 2. The van der Waals surface area contributed by atoms with E-state index < -0.39 is 5.82 Å². The Labute approximate surface area is 168 Å². The number of carbonyl (C=O) groups is 1. The number of carbonyl (C=O) groups excluding carboxylic acids is 1. The fourth-order valence-electron chi connectivity index (χ4n) is 2.66. The van der Waals surface area contributed by atoms with Crippen LogP contribution in [0.15, 0.2) is 66.7 Å². The molecule has 0 aromatic heterocycles. The van der Waals surface area contributed by atoms with Crippen LogP contribution >= 0.6 is 11.6 Å². The van der Waals surface area contributed by atoms with E-state index in [9.17, 15) is 9.18 Å².